The Morgan fingerprint density at radius 2 is 2.00 bits per heavy atom. The molecule has 0 saturated carbocycles. The van der Waals surface area contributed by atoms with E-state index in [1.165, 1.54) is 0 Å². The van der Waals surface area contributed by atoms with Crippen molar-refractivity contribution >= 4 is 5.91 Å². The number of ether oxygens (including phenoxy) is 3. The lowest BCUT2D eigenvalue weighted by Crippen LogP contribution is -2.51. The predicted octanol–water partition coefficient (Wildman–Crippen LogP) is 2.31. The first-order valence-electron chi connectivity index (χ1n) is 9.94. The van der Waals surface area contributed by atoms with Crippen molar-refractivity contribution in [3.8, 4) is 5.75 Å². The number of hydrogen-bond acceptors (Lipinski definition) is 5. The highest BCUT2D eigenvalue weighted by molar-refractivity contribution is 5.78. The van der Waals surface area contributed by atoms with Crippen molar-refractivity contribution in [1.82, 2.24) is 9.80 Å². The molecule has 2 saturated heterocycles. The molecule has 150 valence electrons. The lowest BCUT2D eigenvalue weighted by molar-refractivity contribution is -0.144. The third-order valence-corrected chi connectivity index (χ3v) is 5.20. The van der Waals surface area contributed by atoms with E-state index in [9.17, 15) is 4.79 Å². The zero-order valence-electron chi connectivity index (χ0n) is 16.7. The van der Waals surface area contributed by atoms with Gasteiger partial charge in [0.25, 0.3) is 0 Å². The molecule has 0 radical (unpaired) electrons. The summed E-state index contributed by atoms with van der Waals surface area (Å²) in [6.45, 7) is 8.00. The fourth-order valence-electron chi connectivity index (χ4n) is 4.01. The molecule has 2 heterocycles. The lowest BCUT2D eigenvalue weighted by Gasteiger charge is -2.36. The zero-order valence-corrected chi connectivity index (χ0v) is 16.7. The molecule has 0 aromatic heterocycles. The number of carbonyl (C=O) groups excluding carboxylic acids is 1. The number of benzene rings is 1. The molecule has 6 nitrogen and oxygen atoms in total. The largest absolute Gasteiger partial charge is 0.496 e. The summed E-state index contributed by atoms with van der Waals surface area (Å²) in [5.74, 6) is 1.01. The molecule has 1 amide bonds. The lowest BCUT2D eigenvalue weighted by atomic mass is 10.1. The van der Waals surface area contributed by atoms with Crippen LogP contribution in [0.2, 0.25) is 0 Å². The van der Waals surface area contributed by atoms with Gasteiger partial charge in [0, 0.05) is 38.3 Å². The molecule has 0 bridgehead atoms. The Balaban J connectivity index is 1.68. The topological polar surface area (TPSA) is 51.2 Å². The molecule has 3 unspecified atom stereocenters. The van der Waals surface area contributed by atoms with Crippen LogP contribution in [0.1, 0.15) is 32.3 Å². The number of amides is 1. The third kappa shape index (κ3) is 5.67. The highest BCUT2D eigenvalue weighted by Crippen LogP contribution is 2.21. The van der Waals surface area contributed by atoms with Gasteiger partial charge in [0.15, 0.2) is 0 Å². The molecule has 2 aliphatic heterocycles. The van der Waals surface area contributed by atoms with Crippen LogP contribution in [0, 0.1) is 0 Å². The van der Waals surface area contributed by atoms with Crippen LogP contribution in [-0.2, 0) is 20.8 Å². The van der Waals surface area contributed by atoms with Crippen molar-refractivity contribution in [3.63, 3.8) is 0 Å². The van der Waals surface area contributed by atoms with Crippen molar-refractivity contribution in [1.29, 1.82) is 0 Å². The molecular formula is C21H32N2O4. The molecule has 2 aliphatic rings. The fourth-order valence-corrected chi connectivity index (χ4v) is 4.01. The standard InChI is InChI=1S/C21H32N2O4/c1-16-11-23(12-17(2)27-16)21(24)15-22(14-19-8-6-10-26-19)13-18-7-4-5-9-20(18)25-3/h4-5,7,9,16-17,19H,6,8,10-15H2,1-3H3. The van der Waals surface area contributed by atoms with Crippen LogP contribution in [0.4, 0.5) is 0 Å². The smallest absolute Gasteiger partial charge is 0.236 e. The average molecular weight is 376 g/mol. The van der Waals surface area contributed by atoms with E-state index in [-0.39, 0.29) is 24.2 Å². The van der Waals surface area contributed by atoms with Gasteiger partial charge in [-0.3, -0.25) is 9.69 Å². The highest BCUT2D eigenvalue weighted by atomic mass is 16.5. The van der Waals surface area contributed by atoms with Crippen LogP contribution >= 0.6 is 0 Å². The molecule has 27 heavy (non-hydrogen) atoms. The minimum Gasteiger partial charge on any atom is -0.496 e. The van der Waals surface area contributed by atoms with E-state index < -0.39 is 0 Å². The molecule has 1 aromatic carbocycles. The summed E-state index contributed by atoms with van der Waals surface area (Å²) < 4.78 is 17.1. The van der Waals surface area contributed by atoms with Gasteiger partial charge in [-0.25, -0.2) is 0 Å². The number of para-hydroxylation sites is 1. The van der Waals surface area contributed by atoms with Crippen molar-refractivity contribution in [2.75, 3.05) is 39.9 Å². The quantitative estimate of drug-likeness (QED) is 0.731. The summed E-state index contributed by atoms with van der Waals surface area (Å²) in [7, 11) is 1.69. The SMILES string of the molecule is COc1ccccc1CN(CC(=O)N1CC(C)OC(C)C1)CC1CCCO1. The fraction of sp³-hybridized carbons (Fsp3) is 0.667. The summed E-state index contributed by atoms with van der Waals surface area (Å²) in [6, 6.07) is 8.00. The van der Waals surface area contributed by atoms with Crippen molar-refractivity contribution in [3.05, 3.63) is 29.8 Å². The highest BCUT2D eigenvalue weighted by Gasteiger charge is 2.28. The number of rotatable bonds is 7. The number of methoxy groups -OCH3 is 1. The van der Waals surface area contributed by atoms with Gasteiger partial charge >= 0.3 is 0 Å². The Morgan fingerprint density at radius 1 is 1.26 bits per heavy atom. The second kappa shape index (κ2) is 9.53. The normalized spacial score (nSPS) is 25.8. The van der Waals surface area contributed by atoms with Gasteiger partial charge in [-0.05, 0) is 32.8 Å². The summed E-state index contributed by atoms with van der Waals surface area (Å²) in [5.41, 5.74) is 1.09. The summed E-state index contributed by atoms with van der Waals surface area (Å²) in [6.07, 6.45) is 2.52. The molecule has 6 heteroatoms. The van der Waals surface area contributed by atoms with Gasteiger partial charge in [-0.15, -0.1) is 0 Å². The van der Waals surface area contributed by atoms with E-state index in [4.69, 9.17) is 14.2 Å². The van der Waals surface area contributed by atoms with Gasteiger partial charge in [0.1, 0.15) is 5.75 Å². The number of carbonyl (C=O) groups is 1. The van der Waals surface area contributed by atoms with Crippen molar-refractivity contribution in [2.24, 2.45) is 0 Å². The van der Waals surface area contributed by atoms with Crippen molar-refractivity contribution < 1.29 is 19.0 Å². The second-order valence-electron chi connectivity index (χ2n) is 7.67. The number of hydrogen-bond donors (Lipinski definition) is 0. The molecular weight excluding hydrogens is 344 g/mol. The molecule has 0 spiro atoms. The van der Waals surface area contributed by atoms with E-state index in [2.05, 4.69) is 11.0 Å². The summed E-state index contributed by atoms with van der Waals surface area (Å²) in [4.78, 5) is 17.1. The van der Waals surface area contributed by atoms with Gasteiger partial charge in [0.05, 0.1) is 32.0 Å². The first-order chi connectivity index (χ1) is 13.0. The second-order valence-corrected chi connectivity index (χ2v) is 7.67. The van der Waals surface area contributed by atoms with Crippen molar-refractivity contribution in [2.45, 2.75) is 51.5 Å². The van der Waals surface area contributed by atoms with Crippen LogP contribution in [0.5, 0.6) is 5.75 Å². The summed E-state index contributed by atoms with van der Waals surface area (Å²) >= 11 is 0. The van der Waals surface area contributed by atoms with E-state index in [0.717, 1.165) is 37.3 Å². The molecule has 3 rings (SSSR count). The Hall–Kier alpha value is -1.63. The minimum atomic E-state index is 0.0820. The zero-order chi connectivity index (χ0) is 19.2. The molecule has 1 aromatic rings. The third-order valence-electron chi connectivity index (χ3n) is 5.20. The predicted molar refractivity (Wildman–Crippen MR) is 104 cm³/mol. The van der Waals surface area contributed by atoms with Crippen LogP contribution in [0.3, 0.4) is 0 Å². The van der Waals surface area contributed by atoms with E-state index in [0.29, 0.717) is 26.2 Å². The van der Waals surface area contributed by atoms with E-state index in [1.807, 2.05) is 36.9 Å². The molecule has 3 atom stereocenters. The first kappa shape index (κ1) is 20.1. The minimum absolute atomic E-state index is 0.0820. The Bertz CT molecular complexity index is 608. The van der Waals surface area contributed by atoms with Crippen LogP contribution in [0.25, 0.3) is 0 Å². The Labute approximate surface area is 162 Å². The monoisotopic (exact) mass is 376 g/mol. The Morgan fingerprint density at radius 3 is 2.67 bits per heavy atom. The van der Waals surface area contributed by atoms with Crippen LogP contribution in [-0.4, -0.2) is 73.9 Å². The molecule has 0 N–H and O–H groups in total. The number of morpholine rings is 1. The van der Waals surface area contributed by atoms with Gasteiger partial charge in [0.2, 0.25) is 5.91 Å². The maximum atomic E-state index is 13.0. The van der Waals surface area contributed by atoms with Crippen LogP contribution < -0.4 is 4.74 Å². The van der Waals surface area contributed by atoms with Gasteiger partial charge < -0.3 is 19.1 Å². The summed E-state index contributed by atoms with van der Waals surface area (Å²) in [5, 5.41) is 0. The van der Waals surface area contributed by atoms with Gasteiger partial charge in [-0.2, -0.15) is 0 Å². The van der Waals surface area contributed by atoms with Gasteiger partial charge in [-0.1, -0.05) is 18.2 Å². The number of nitrogens with zero attached hydrogens (tertiary/aromatic N) is 2. The Kier molecular flexibility index (Phi) is 7.10. The van der Waals surface area contributed by atoms with Crippen LogP contribution in [0.15, 0.2) is 24.3 Å². The van der Waals surface area contributed by atoms with E-state index in [1.54, 1.807) is 7.11 Å². The first-order valence-corrected chi connectivity index (χ1v) is 9.94. The average Bonchev–Trinajstić information content (AvgIpc) is 3.14. The molecule has 2 fully saturated rings. The maximum absolute atomic E-state index is 13.0. The maximum Gasteiger partial charge on any atom is 0.236 e. The molecule has 0 aliphatic carbocycles. The van der Waals surface area contributed by atoms with E-state index >= 15 is 0 Å².